The number of carbonyl (C=O) groups is 4. The van der Waals surface area contributed by atoms with Gasteiger partial charge >= 0.3 is 5.97 Å². The van der Waals surface area contributed by atoms with Crippen LogP contribution in [0.4, 0.5) is 5.69 Å². The summed E-state index contributed by atoms with van der Waals surface area (Å²) in [6, 6.07) is 28.3. The number of carboxylic acids is 1. The van der Waals surface area contributed by atoms with E-state index >= 15 is 0 Å². The highest BCUT2D eigenvalue weighted by atomic mass is 35.5. The molecule has 2 bridgehead atoms. The maximum atomic E-state index is 14.5. The molecule has 1 saturated heterocycles. The van der Waals surface area contributed by atoms with Crippen LogP contribution in [0.5, 0.6) is 0 Å². The molecule has 1 aliphatic heterocycles. The number of halogens is 2. The number of hydrogen-bond donors (Lipinski definition) is 2. The van der Waals surface area contributed by atoms with E-state index in [0.717, 1.165) is 10.5 Å². The number of likely N-dealkylation sites (tertiary alicyclic amines) is 1. The summed E-state index contributed by atoms with van der Waals surface area (Å²) in [6.07, 6.45) is 0.0344. The summed E-state index contributed by atoms with van der Waals surface area (Å²) in [6.45, 7) is 0. The number of imide groups is 1. The first-order valence-corrected chi connectivity index (χ1v) is 14.6. The summed E-state index contributed by atoms with van der Waals surface area (Å²) >= 11 is 15.1. The summed E-state index contributed by atoms with van der Waals surface area (Å²) in [7, 11) is 0. The van der Waals surface area contributed by atoms with Gasteiger partial charge in [0.05, 0.1) is 17.4 Å². The summed E-state index contributed by atoms with van der Waals surface area (Å²) in [5.41, 5.74) is 3.62. The van der Waals surface area contributed by atoms with Gasteiger partial charge in [0.25, 0.3) is 0 Å². The highest BCUT2D eigenvalue weighted by molar-refractivity contribution is 6.36. The van der Waals surface area contributed by atoms with Crippen molar-refractivity contribution in [2.75, 3.05) is 5.32 Å². The normalized spacial score (nSPS) is 25.5. The number of anilines is 1. The zero-order chi connectivity index (χ0) is 30.1. The van der Waals surface area contributed by atoms with Gasteiger partial charge in [0, 0.05) is 12.1 Å². The van der Waals surface area contributed by atoms with Gasteiger partial charge in [-0.15, -0.1) is 23.2 Å². The van der Waals surface area contributed by atoms with Gasteiger partial charge < -0.3 is 10.4 Å². The zero-order valence-corrected chi connectivity index (χ0v) is 24.0. The molecule has 0 saturated carbocycles. The van der Waals surface area contributed by atoms with E-state index in [-0.39, 0.29) is 17.7 Å². The highest BCUT2D eigenvalue weighted by Crippen LogP contribution is 2.69. The van der Waals surface area contributed by atoms with Gasteiger partial charge in [-0.3, -0.25) is 19.3 Å². The van der Waals surface area contributed by atoms with Crippen LogP contribution >= 0.6 is 23.2 Å². The quantitative estimate of drug-likeness (QED) is 0.221. The van der Waals surface area contributed by atoms with Crippen molar-refractivity contribution < 1.29 is 24.3 Å². The lowest BCUT2D eigenvalue weighted by Crippen LogP contribution is -2.57. The molecule has 3 aliphatic carbocycles. The second kappa shape index (κ2) is 9.79. The van der Waals surface area contributed by atoms with Crippen LogP contribution < -0.4 is 5.32 Å². The lowest BCUT2D eigenvalue weighted by Gasteiger charge is -2.54. The third-order valence-electron chi connectivity index (χ3n) is 8.88. The molecular weight excluding hydrogens is 587 g/mol. The standard InChI is InChI=1S/C34H24Cl2N2O5/c35-33-22-13-4-5-14-23(22)34(36,25-16-7-6-15-24(25)33)28-27(33)30(40)38(31(28)41)26(17-19-9-2-1-3-10-19)29(39)37-21-12-8-11-20(18-21)32(42)43/h1-16,18,26-28H,17H2,(H,37,39)(H,42,43)/t26-,27-,28-,33?,34?/m0/s1. The Kier molecular flexibility index (Phi) is 6.24. The van der Waals surface area contributed by atoms with Gasteiger partial charge in [-0.05, 0) is 46.0 Å². The van der Waals surface area contributed by atoms with E-state index in [1.54, 1.807) is 6.07 Å². The number of amides is 3. The fourth-order valence-electron chi connectivity index (χ4n) is 7.09. The lowest BCUT2D eigenvalue weighted by atomic mass is 9.54. The van der Waals surface area contributed by atoms with Crippen LogP contribution in [0.3, 0.4) is 0 Å². The number of hydrogen-bond acceptors (Lipinski definition) is 4. The molecule has 0 spiro atoms. The Labute approximate surface area is 257 Å². The molecule has 9 heteroatoms. The maximum Gasteiger partial charge on any atom is 0.335 e. The number of nitrogens with one attached hydrogen (secondary N) is 1. The van der Waals surface area contributed by atoms with E-state index in [1.807, 2.05) is 78.9 Å². The van der Waals surface area contributed by atoms with Crippen LogP contribution in [0.15, 0.2) is 103 Å². The topological polar surface area (TPSA) is 104 Å². The van der Waals surface area contributed by atoms with Gasteiger partial charge in [0.15, 0.2) is 0 Å². The SMILES string of the molecule is O=C(O)c1cccc(NC(=O)[C@H](Cc2ccccc2)N2C(=O)[C@@H]3[C@@H](C2=O)C2(Cl)c4ccccc4C3(Cl)c3ccccc32)c1. The Morgan fingerprint density at radius 2 is 1.23 bits per heavy atom. The second-order valence-corrected chi connectivity index (χ2v) is 12.3. The number of rotatable bonds is 6. The van der Waals surface area contributed by atoms with E-state index in [1.165, 1.54) is 18.2 Å². The van der Waals surface area contributed by atoms with E-state index in [4.69, 9.17) is 23.2 Å². The predicted octanol–water partition coefficient (Wildman–Crippen LogP) is 5.53. The minimum atomic E-state index is -1.38. The molecule has 2 N–H and O–H groups in total. The Morgan fingerprint density at radius 3 is 1.72 bits per heavy atom. The average Bonchev–Trinajstić information content (AvgIpc) is 3.29. The highest BCUT2D eigenvalue weighted by Gasteiger charge is 2.73. The van der Waals surface area contributed by atoms with Crippen LogP contribution in [0.25, 0.3) is 0 Å². The van der Waals surface area contributed by atoms with Crippen molar-refractivity contribution in [1.82, 2.24) is 4.90 Å². The zero-order valence-electron chi connectivity index (χ0n) is 22.5. The molecule has 214 valence electrons. The predicted molar refractivity (Wildman–Crippen MR) is 161 cm³/mol. The van der Waals surface area contributed by atoms with Gasteiger partial charge in [-0.25, -0.2) is 4.79 Å². The van der Waals surface area contributed by atoms with E-state index in [2.05, 4.69) is 5.32 Å². The van der Waals surface area contributed by atoms with Gasteiger partial charge in [-0.1, -0.05) is 84.9 Å². The van der Waals surface area contributed by atoms with Crippen LogP contribution in [-0.2, 0) is 30.6 Å². The van der Waals surface area contributed by atoms with E-state index < -0.39 is 51.3 Å². The number of alkyl halides is 2. The Balaban J connectivity index is 1.35. The molecule has 1 heterocycles. The van der Waals surface area contributed by atoms with E-state index in [0.29, 0.717) is 22.3 Å². The summed E-state index contributed by atoms with van der Waals surface area (Å²) in [4.78, 5) is 52.9. The molecule has 7 nitrogen and oxygen atoms in total. The maximum absolute atomic E-state index is 14.5. The molecule has 3 amide bonds. The Morgan fingerprint density at radius 1 is 0.744 bits per heavy atom. The van der Waals surface area contributed by atoms with Crippen molar-refractivity contribution in [3.8, 4) is 0 Å². The van der Waals surface area contributed by atoms with Crippen molar-refractivity contribution >= 4 is 52.6 Å². The molecule has 0 unspecified atom stereocenters. The summed E-state index contributed by atoms with van der Waals surface area (Å²) in [5.74, 6) is -5.04. The van der Waals surface area contributed by atoms with Crippen LogP contribution in [-0.4, -0.2) is 39.7 Å². The Hall–Kier alpha value is -4.46. The lowest BCUT2D eigenvalue weighted by molar-refractivity contribution is -0.146. The number of carbonyl (C=O) groups excluding carboxylic acids is 3. The van der Waals surface area contributed by atoms with Crippen LogP contribution in [0.1, 0.15) is 38.2 Å². The first-order valence-electron chi connectivity index (χ1n) is 13.8. The van der Waals surface area contributed by atoms with Crippen molar-refractivity contribution in [1.29, 1.82) is 0 Å². The number of carboxylic acid groups (broad SMARTS) is 1. The average molecular weight is 611 g/mol. The minimum Gasteiger partial charge on any atom is -0.478 e. The van der Waals surface area contributed by atoms with Crippen molar-refractivity contribution in [2.45, 2.75) is 22.2 Å². The van der Waals surface area contributed by atoms with Crippen molar-refractivity contribution in [2.24, 2.45) is 11.8 Å². The molecule has 0 radical (unpaired) electrons. The fourth-order valence-corrected chi connectivity index (χ4v) is 8.19. The van der Waals surface area contributed by atoms with Crippen molar-refractivity contribution in [3.63, 3.8) is 0 Å². The van der Waals surface area contributed by atoms with Gasteiger partial charge in [0.2, 0.25) is 17.7 Å². The molecule has 4 aromatic rings. The molecule has 43 heavy (non-hydrogen) atoms. The smallest absolute Gasteiger partial charge is 0.335 e. The summed E-state index contributed by atoms with van der Waals surface area (Å²) in [5, 5.41) is 12.2. The molecule has 4 aromatic carbocycles. The van der Waals surface area contributed by atoms with E-state index in [9.17, 15) is 24.3 Å². The van der Waals surface area contributed by atoms with Crippen LogP contribution in [0.2, 0.25) is 0 Å². The van der Waals surface area contributed by atoms with Crippen molar-refractivity contribution in [3.05, 3.63) is 137 Å². The molecule has 1 fully saturated rings. The monoisotopic (exact) mass is 610 g/mol. The number of aromatic carboxylic acids is 1. The molecule has 0 aromatic heterocycles. The minimum absolute atomic E-state index is 0.0166. The Bertz CT molecular complexity index is 1720. The first-order chi connectivity index (χ1) is 20.7. The third-order valence-corrected chi connectivity index (χ3v) is 10.2. The molecule has 8 rings (SSSR count). The largest absolute Gasteiger partial charge is 0.478 e. The number of benzene rings is 4. The third kappa shape index (κ3) is 3.81. The molecule has 4 aliphatic rings. The first kappa shape index (κ1) is 27.4. The fraction of sp³-hybridized carbons (Fsp3) is 0.176. The van der Waals surface area contributed by atoms with Gasteiger partial charge in [0.1, 0.15) is 15.8 Å². The molecular formula is C34H24Cl2N2O5. The molecule has 3 atom stereocenters. The van der Waals surface area contributed by atoms with Gasteiger partial charge in [-0.2, -0.15) is 0 Å². The summed E-state index contributed by atoms with van der Waals surface area (Å²) < 4.78 is 0. The van der Waals surface area contributed by atoms with Crippen LogP contribution in [0, 0.1) is 11.8 Å². The second-order valence-electron chi connectivity index (χ2n) is 11.1. The number of nitrogens with zero attached hydrogens (tertiary/aromatic N) is 1.